The van der Waals surface area contributed by atoms with Crippen LogP contribution in [0.25, 0.3) is 11.1 Å². The number of aliphatic imine (C=N–C) groups is 1. The van der Waals surface area contributed by atoms with Crippen LogP contribution in [0.15, 0.2) is 63.4 Å². The number of nitrogens with two attached hydrogens (primary N) is 1. The van der Waals surface area contributed by atoms with Crippen molar-refractivity contribution < 1.29 is 13.6 Å². The number of nitrogen functional groups attached to an aromatic ring is 1. The van der Waals surface area contributed by atoms with E-state index < -0.39 is 11.9 Å². The van der Waals surface area contributed by atoms with Crippen LogP contribution in [0.1, 0.15) is 24.1 Å². The maximum absolute atomic E-state index is 13.8. The van der Waals surface area contributed by atoms with Gasteiger partial charge in [0, 0.05) is 46.7 Å². The van der Waals surface area contributed by atoms with Crippen LogP contribution in [0.3, 0.4) is 0 Å². The van der Waals surface area contributed by atoms with Gasteiger partial charge in [0.05, 0.1) is 11.8 Å². The molecule has 2 aromatic heterocycles. The molecule has 5 N–H and O–H groups in total. The predicted molar refractivity (Wildman–Crippen MR) is 140 cm³/mol. The van der Waals surface area contributed by atoms with Crippen molar-refractivity contribution in [3.8, 4) is 0 Å². The van der Waals surface area contributed by atoms with Gasteiger partial charge in [-0.05, 0) is 31.2 Å². The average molecular weight is 543 g/mol. The molecule has 1 amide bonds. The fraction of sp³-hybridized carbons (Fsp3) is 0.167. The third-order valence-corrected chi connectivity index (χ3v) is 6.29. The Hall–Kier alpha value is -4.09. The summed E-state index contributed by atoms with van der Waals surface area (Å²) in [4.78, 5) is 22.3. The Labute approximate surface area is 220 Å². The number of carbonyl (C=O) groups excluding carboxylic acids is 1. The van der Waals surface area contributed by atoms with Crippen molar-refractivity contribution in [3.63, 3.8) is 0 Å². The number of nitrogens with zero attached hydrogens (tertiary/aromatic N) is 4. The molecular formula is C24H21Cl2FN8O2. The van der Waals surface area contributed by atoms with Gasteiger partial charge < -0.3 is 20.8 Å². The van der Waals surface area contributed by atoms with Crippen LogP contribution >= 0.6 is 23.2 Å². The van der Waals surface area contributed by atoms with Crippen LogP contribution in [-0.2, 0) is 18.4 Å². The maximum Gasteiger partial charge on any atom is 0.302 e. The van der Waals surface area contributed by atoms with Crippen LogP contribution < -0.4 is 21.7 Å². The number of oxazole rings is 1. The van der Waals surface area contributed by atoms with Gasteiger partial charge >= 0.3 is 6.01 Å². The molecule has 0 fully saturated rings. The molecule has 37 heavy (non-hydrogen) atoms. The number of rotatable bonds is 5. The van der Waals surface area contributed by atoms with Gasteiger partial charge in [-0.25, -0.2) is 9.38 Å². The van der Waals surface area contributed by atoms with E-state index in [0.29, 0.717) is 32.4 Å². The van der Waals surface area contributed by atoms with Gasteiger partial charge in [-0.1, -0.05) is 29.3 Å². The molecule has 0 bridgehead atoms. The monoisotopic (exact) mass is 542 g/mol. The topological polar surface area (TPSA) is 135 Å². The lowest BCUT2D eigenvalue weighted by Gasteiger charge is -2.27. The van der Waals surface area contributed by atoms with Gasteiger partial charge in [-0.15, -0.1) is 0 Å². The zero-order valence-corrected chi connectivity index (χ0v) is 21.2. The van der Waals surface area contributed by atoms with Crippen LogP contribution in [-0.4, -0.2) is 26.6 Å². The average Bonchev–Trinajstić information content (AvgIpc) is 3.45. The Morgan fingerprint density at radius 1 is 1.30 bits per heavy atom. The molecule has 5 rings (SSSR count). The van der Waals surface area contributed by atoms with E-state index in [1.165, 1.54) is 12.1 Å². The minimum atomic E-state index is -0.783. The summed E-state index contributed by atoms with van der Waals surface area (Å²) in [5.41, 5.74) is 8.41. The molecule has 1 aliphatic rings. The van der Waals surface area contributed by atoms with E-state index in [1.807, 2.05) is 6.20 Å². The molecular weight excluding hydrogens is 522 g/mol. The highest BCUT2D eigenvalue weighted by Crippen LogP contribution is 2.36. The summed E-state index contributed by atoms with van der Waals surface area (Å²) >= 11 is 12.6. The van der Waals surface area contributed by atoms with E-state index in [9.17, 15) is 9.18 Å². The molecule has 0 saturated carbocycles. The molecule has 190 valence electrons. The van der Waals surface area contributed by atoms with Crippen molar-refractivity contribution in [1.29, 1.82) is 0 Å². The zero-order chi connectivity index (χ0) is 26.3. The maximum atomic E-state index is 13.8. The van der Waals surface area contributed by atoms with Crippen molar-refractivity contribution in [3.05, 3.63) is 81.0 Å². The third kappa shape index (κ3) is 4.95. The van der Waals surface area contributed by atoms with E-state index in [-0.39, 0.29) is 35.7 Å². The Morgan fingerprint density at radius 2 is 2.11 bits per heavy atom. The number of hydrogen-bond acceptors (Lipinski definition) is 8. The summed E-state index contributed by atoms with van der Waals surface area (Å²) in [5, 5.41) is 13.8. The summed E-state index contributed by atoms with van der Waals surface area (Å²) in [7, 11) is 1.80. The number of guanidine groups is 1. The molecule has 4 aromatic rings. The number of aromatic nitrogens is 3. The predicted octanol–water partition coefficient (Wildman–Crippen LogP) is 4.29. The van der Waals surface area contributed by atoms with Crippen molar-refractivity contribution >= 4 is 57.9 Å². The van der Waals surface area contributed by atoms with Crippen molar-refractivity contribution in [2.24, 2.45) is 12.0 Å². The largest absolute Gasteiger partial charge is 0.421 e. The number of allylic oxidation sites excluding steroid dienone is 1. The SMILES string of the molecule is CC1=C(C(=O)NCc2cnn(C)c2)C(c2ccc(Cl)cc2Cl)N=C(Nc2nc3ccc(F)c(N)c3o2)N1. The summed E-state index contributed by atoms with van der Waals surface area (Å²) in [6.45, 7) is 2.02. The Bertz CT molecular complexity index is 1590. The Kier molecular flexibility index (Phi) is 6.48. The highest BCUT2D eigenvalue weighted by Gasteiger charge is 2.31. The first kappa shape index (κ1) is 24.6. The summed E-state index contributed by atoms with van der Waals surface area (Å²) in [6.07, 6.45) is 3.49. The van der Waals surface area contributed by atoms with Gasteiger partial charge in [0.25, 0.3) is 5.91 Å². The molecule has 1 aliphatic heterocycles. The van der Waals surface area contributed by atoms with Crippen LogP contribution in [0.2, 0.25) is 10.0 Å². The number of halogens is 3. The van der Waals surface area contributed by atoms with Crippen molar-refractivity contribution in [2.45, 2.75) is 19.5 Å². The lowest BCUT2D eigenvalue weighted by molar-refractivity contribution is -0.118. The molecule has 10 nitrogen and oxygen atoms in total. The molecule has 1 unspecified atom stereocenters. The van der Waals surface area contributed by atoms with Crippen molar-refractivity contribution in [2.75, 3.05) is 11.1 Å². The van der Waals surface area contributed by atoms with E-state index in [4.69, 9.17) is 33.4 Å². The highest BCUT2D eigenvalue weighted by atomic mass is 35.5. The minimum Gasteiger partial charge on any atom is -0.421 e. The van der Waals surface area contributed by atoms with E-state index in [1.54, 1.807) is 43.0 Å². The normalized spacial score (nSPS) is 15.5. The second kappa shape index (κ2) is 9.75. The number of benzene rings is 2. The van der Waals surface area contributed by atoms with Crippen LogP contribution in [0.5, 0.6) is 0 Å². The second-order valence-electron chi connectivity index (χ2n) is 8.37. The van der Waals surface area contributed by atoms with Crippen LogP contribution in [0, 0.1) is 5.82 Å². The Balaban J connectivity index is 1.47. The lowest BCUT2D eigenvalue weighted by Crippen LogP contribution is -2.39. The first-order chi connectivity index (χ1) is 17.7. The van der Waals surface area contributed by atoms with E-state index in [0.717, 1.165) is 5.56 Å². The van der Waals surface area contributed by atoms with E-state index in [2.05, 4.69) is 31.0 Å². The molecule has 3 heterocycles. The summed E-state index contributed by atoms with van der Waals surface area (Å²) < 4.78 is 21.1. The smallest absolute Gasteiger partial charge is 0.302 e. The first-order valence-electron chi connectivity index (χ1n) is 11.1. The van der Waals surface area contributed by atoms with Crippen molar-refractivity contribution in [1.82, 2.24) is 25.4 Å². The van der Waals surface area contributed by atoms with Gasteiger partial charge in [0.1, 0.15) is 23.1 Å². The van der Waals surface area contributed by atoms with Crippen LogP contribution in [0.4, 0.5) is 16.1 Å². The molecule has 0 saturated heterocycles. The number of amides is 1. The number of carbonyl (C=O) groups is 1. The highest BCUT2D eigenvalue weighted by molar-refractivity contribution is 6.35. The summed E-state index contributed by atoms with van der Waals surface area (Å²) in [5.74, 6) is -0.706. The quantitative estimate of drug-likeness (QED) is 0.276. The molecule has 1 atom stereocenters. The standard InChI is InChI=1S/C24H21Cl2FN8O2/c1-11-18(22(36)29-8-12-9-30-35(2)10-12)20(14-4-3-13(25)7-15(14)26)33-23(31-11)34-24-32-17-6-5-16(27)19(28)21(17)37-24/h3-7,9-10,20H,8,28H2,1-2H3,(H,29,36)(H2,31,32,33,34). The van der Waals surface area contributed by atoms with E-state index >= 15 is 0 Å². The third-order valence-electron chi connectivity index (χ3n) is 5.72. The van der Waals surface area contributed by atoms with Gasteiger partial charge in [0.15, 0.2) is 5.58 Å². The molecule has 2 aromatic carbocycles. The molecule has 13 heteroatoms. The zero-order valence-electron chi connectivity index (χ0n) is 19.6. The molecule has 0 spiro atoms. The van der Waals surface area contributed by atoms with Gasteiger partial charge in [-0.3, -0.25) is 14.8 Å². The number of hydrogen-bond donors (Lipinski definition) is 4. The fourth-order valence-corrected chi connectivity index (χ4v) is 4.48. The second-order valence-corrected chi connectivity index (χ2v) is 9.21. The summed E-state index contributed by atoms with van der Waals surface area (Å²) in [6, 6.07) is 6.89. The Morgan fingerprint density at radius 3 is 2.84 bits per heavy atom. The molecule has 0 radical (unpaired) electrons. The molecule has 0 aliphatic carbocycles. The van der Waals surface area contributed by atoms with Gasteiger partial charge in [0.2, 0.25) is 5.96 Å². The number of aryl methyl sites for hydroxylation is 1. The fourth-order valence-electron chi connectivity index (χ4n) is 3.97. The minimum absolute atomic E-state index is 0.0387. The number of anilines is 2. The number of nitrogens with one attached hydrogen (secondary N) is 3. The number of fused-ring (bicyclic) bond motifs is 1. The van der Waals surface area contributed by atoms with Gasteiger partial charge in [-0.2, -0.15) is 10.1 Å². The lowest BCUT2D eigenvalue weighted by atomic mass is 9.95. The first-order valence-corrected chi connectivity index (χ1v) is 11.8.